The van der Waals surface area contributed by atoms with Gasteiger partial charge >= 0.3 is 5.97 Å². The third kappa shape index (κ3) is 3.93. The van der Waals surface area contributed by atoms with Crippen LogP contribution in [0.5, 0.6) is 0 Å². The van der Waals surface area contributed by atoms with Gasteiger partial charge in [0.1, 0.15) is 0 Å². The lowest BCUT2D eigenvalue weighted by Crippen LogP contribution is -2.44. The number of nitrogens with zero attached hydrogens (tertiary/aromatic N) is 1. The van der Waals surface area contributed by atoms with Crippen LogP contribution in [0.3, 0.4) is 0 Å². The van der Waals surface area contributed by atoms with Crippen molar-refractivity contribution in [2.24, 2.45) is 11.7 Å². The highest BCUT2D eigenvalue weighted by Gasteiger charge is 2.37. The monoisotopic (exact) mass is 264 g/mol. The number of rotatable bonds is 7. The molecule has 1 aliphatic rings. The molecule has 0 aliphatic heterocycles. The molecule has 17 heavy (non-hydrogen) atoms. The lowest BCUT2D eigenvalue weighted by atomic mass is 10.2. The molecule has 1 atom stereocenters. The molecule has 100 valence electrons. The van der Waals surface area contributed by atoms with Gasteiger partial charge in [0.25, 0.3) is 0 Å². The Bertz CT molecular complexity index is 365. The minimum absolute atomic E-state index is 0.120. The van der Waals surface area contributed by atoms with Gasteiger partial charge in [0.2, 0.25) is 10.0 Å². The van der Waals surface area contributed by atoms with E-state index >= 15 is 0 Å². The van der Waals surface area contributed by atoms with Crippen molar-refractivity contribution in [2.75, 3.05) is 26.5 Å². The molecule has 1 aliphatic carbocycles. The van der Waals surface area contributed by atoms with Crippen molar-refractivity contribution in [3.05, 3.63) is 0 Å². The number of likely N-dealkylation sites (N-methyl/N-ethyl adjacent to an activating group) is 1. The predicted octanol–water partition coefficient (Wildman–Crippen LogP) is -0.452. The first kappa shape index (κ1) is 14.4. The van der Waals surface area contributed by atoms with Gasteiger partial charge < -0.3 is 10.5 Å². The molecule has 1 fully saturated rings. The lowest BCUT2D eigenvalue weighted by Gasteiger charge is -2.26. The Hall–Kier alpha value is -0.660. The molecule has 1 saturated carbocycles. The van der Waals surface area contributed by atoms with Crippen molar-refractivity contribution in [3.63, 3.8) is 0 Å². The summed E-state index contributed by atoms with van der Waals surface area (Å²) in [7, 11) is -0.657. The molecular formula is C10H20N2O4S. The Morgan fingerprint density at radius 2 is 2.12 bits per heavy atom. The van der Waals surface area contributed by atoms with Crippen LogP contribution in [0.4, 0.5) is 0 Å². The van der Waals surface area contributed by atoms with E-state index in [0.29, 0.717) is 12.5 Å². The smallest absolute Gasteiger partial charge is 0.306 e. The molecule has 0 radical (unpaired) electrons. The molecule has 0 aromatic heterocycles. The van der Waals surface area contributed by atoms with Crippen molar-refractivity contribution in [2.45, 2.75) is 25.3 Å². The third-order valence-electron chi connectivity index (χ3n) is 3.11. The van der Waals surface area contributed by atoms with E-state index in [1.807, 2.05) is 0 Å². The first-order chi connectivity index (χ1) is 7.92. The highest BCUT2D eigenvalue weighted by atomic mass is 32.2. The first-order valence-corrected chi connectivity index (χ1v) is 7.26. The van der Waals surface area contributed by atoms with Crippen molar-refractivity contribution in [1.29, 1.82) is 0 Å². The van der Waals surface area contributed by atoms with Gasteiger partial charge in [-0.15, -0.1) is 0 Å². The molecule has 1 rings (SSSR count). The number of carbonyl (C=O) groups is 1. The van der Waals surface area contributed by atoms with Gasteiger partial charge in [0.15, 0.2) is 0 Å². The summed E-state index contributed by atoms with van der Waals surface area (Å²) >= 11 is 0. The Kier molecular flexibility index (Phi) is 4.91. The average Bonchev–Trinajstić information content (AvgIpc) is 3.11. The van der Waals surface area contributed by atoms with Crippen LogP contribution in [0.1, 0.15) is 19.3 Å². The van der Waals surface area contributed by atoms with E-state index in [0.717, 1.165) is 12.8 Å². The molecule has 0 bridgehead atoms. The van der Waals surface area contributed by atoms with E-state index in [1.165, 1.54) is 18.5 Å². The molecule has 0 heterocycles. The summed E-state index contributed by atoms with van der Waals surface area (Å²) in [5.74, 6) is -0.366. The fourth-order valence-electron chi connectivity index (χ4n) is 1.78. The van der Waals surface area contributed by atoms with E-state index in [-0.39, 0.29) is 18.2 Å². The number of nitrogens with two attached hydrogens (primary N) is 1. The number of hydrogen-bond donors (Lipinski definition) is 1. The first-order valence-electron chi connectivity index (χ1n) is 5.65. The zero-order valence-corrected chi connectivity index (χ0v) is 11.1. The molecule has 0 saturated heterocycles. The van der Waals surface area contributed by atoms with E-state index in [1.54, 1.807) is 0 Å². The highest BCUT2D eigenvalue weighted by molar-refractivity contribution is 7.89. The van der Waals surface area contributed by atoms with Gasteiger partial charge in [-0.2, -0.15) is 0 Å². The van der Waals surface area contributed by atoms with Crippen molar-refractivity contribution >= 4 is 16.0 Å². The zero-order chi connectivity index (χ0) is 13.1. The van der Waals surface area contributed by atoms with E-state index in [2.05, 4.69) is 4.74 Å². The Balaban J connectivity index is 2.58. The molecule has 0 amide bonds. The standard InChI is InChI=1S/C10H20N2O4S/c1-12(9(7-11)8-3-4-8)17(14,15)6-5-10(13)16-2/h8-9H,3-7,11H2,1-2H3. The summed E-state index contributed by atoms with van der Waals surface area (Å²) in [6.07, 6.45) is 1.93. The maximum atomic E-state index is 11.9. The second kappa shape index (κ2) is 5.79. The van der Waals surface area contributed by atoms with Crippen LogP contribution in [0.2, 0.25) is 0 Å². The van der Waals surface area contributed by atoms with Gasteiger partial charge in [0.05, 0.1) is 19.3 Å². The molecular weight excluding hydrogens is 244 g/mol. The molecule has 1 unspecified atom stereocenters. The van der Waals surface area contributed by atoms with Crippen molar-refractivity contribution in [1.82, 2.24) is 4.31 Å². The van der Waals surface area contributed by atoms with Crippen LogP contribution in [-0.2, 0) is 19.6 Å². The number of esters is 1. The summed E-state index contributed by atoms with van der Waals surface area (Å²) in [6, 6.07) is -0.141. The van der Waals surface area contributed by atoms with Crippen LogP contribution in [-0.4, -0.2) is 51.2 Å². The van der Waals surface area contributed by atoms with Crippen LogP contribution in [0.25, 0.3) is 0 Å². The number of methoxy groups -OCH3 is 1. The van der Waals surface area contributed by atoms with Crippen LogP contribution >= 0.6 is 0 Å². The van der Waals surface area contributed by atoms with Crippen molar-refractivity contribution < 1.29 is 17.9 Å². The third-order valence-corrected chi connectivity index (χ3v) is 4.97. The Morgan fingerprint density at radius 3 is 2.53 bits per heavy atom. The van der Waals surface area contributed by atoms with Gasteiger partial charge in [0, 0.05) is 19.6 Å². The minimum atomic E-state index is -3.43. The normalized spacial score (nSPS) is 18.1. The molecule has 0 spiro atoms. The van der Waals surface area contributed by atoms with Crippen molar-refractivity contribution in [3.8, 4) is 0 Å². The quantitative estimate of drug-likeness (QED) is 0.629. The highest BCUT2D eigenvalue weighted by Crippen LogP contribution is 2.35. The number of hydrogen-bond acceptors (Lipinski definition) is 5. The molecule has 2 N–H and O–H groups in total. The zero-order valence-electron chi connectivity index (χ0n) is 10.3. The summed E-state index contributed by atoms with van der Waals surface area (Å²) in [6.45, 7) is 0.318. The molecule has 0 aromatic carbocycles. The largest absolute Gasteiger partial charge is 0.469 e. The SMILES string of the molecule is COC(=O)CCS(=O)(=O)N(C)C(CN)C1CC1. The summed E-state index contributed by atoms with van der Waals surface area (Å²) in [5, 5.41) is 0. The Morgan fingerprint density at radius 1 is 1.53 bits per heavy atom. The average molecular weight is 264 g/mol. The van der Waals surface area contributed by atoms with Crippen LogP contribution in [0.15, 0.2) is 0 Å². The second-order valence-corrected chi connectivity index (χ2v) is 6.45. The fraction of sp³-hybridized carbons (Fsp3) is 0.900. The Labute approximate surface area is 102 Å². The van der Waals surface area contributed by atoms with E-state index < -0.39 is 16.0 Å². The lowest BCUT2D eigenvalue weighted by molar-refractivity contribution is -0.140. The summed E-state index contributed by atoms with van der Waals surface area (Å²) < 4.78 is 29.6. The maximum absolute atomic E-state index is 11.9. The van der Waals surface area contributed by atoms with Crippen LogP contribution < -0.4 is 5.73 Å². The molecule has 6 nitrogen and oxygen atoms in total. The number of sulfonamides is 1. The van der Waals surface area contributed by atoms with E-state index in [4.69, 9.17) is 5.73 Å². The van der Waals surface area contributed by atoms with E-state index in [9.17, 15) is 13.2 Å². The second-order valence-electron chi connectivity index (χ2n) is 4.30. The van der Waals surface area contributed by atoms with Gasteiger partial charge in [-0.3, -0.25) is 4.79 Å². The topological polar surface area (TPSA) is 89.7 Å². The molecule has 0 aromatic rings. The van der Waals surface area contributed by atoms with Gasteiger partial charge in [-0.05, 0) is 18.8 Å². The minimum Gasteiger partial charge on any atom is -0.469 e. The number of carbonyl (C=O) groups excluding carboxylic acids is 1. The van der Waals surface area contributed by atoms with Crippen LogP contribution in [0, 0.1) is 5.92 Å². The summed E-state index contributed by atoms with van der Waals surface area (Å²) in [4.78, 5) is 10.9. The maximum Gasteiger partial charge on any atom is 0.306 e. The van der Waals surface area contributed by atoms with Gasteiger partial charge in [-0.25, -0.2) is 12.7 Å². The summed E-state index contributed by atoms with van der Waals surface area (Å²) in [5.41, 5.74) is 5.60. The predicted molar refractivity (Wildman–Crippen MR) is 63.7 cm³/mol. The van der Waals surface area contributed by atoms with Gasteiger partial charge in [-0.1, -0.05) is 0 Å². The fourth-order valence-corrected chi connectivity index (χ4v) is 3.17. The molecule has 7 heteroatoms. The number of ether oxygens (including phenoxy) is 1.